The van der Waals surface area contributed by atoms with Crippen molar-refractivity contribution in [1.29, 1.82) is 0 Å². The molecule has 2 aromatic rings. The molecule has 0 unspecified atom stereocenters. The van der Waals surface area contributed by atoms with Crippen LogP contribution >= 0.6 is 0 Å². The second-order valence-corrected chi connectivity index (χ2v) is 5.42. The zero-order valence-corrected chi connectivity index (χ0v) is 13.1. The summed E-state index contributed by atoms with van der Waals surface area (Å²) in [7, 11) is 0. The van der Waals surface area contributed by atoms with E-state index >= 15 is 0 Å². The molecule has 21 heavy (non-hydrogen) atoms. The summed E-state index contributed by atoms with van der Waals surface area (Å²) in [6.07, 6.45) is 1.82. The van der Waals surface area contributed by atoms with E-state index in [0.29, 0.717) is 0 Å². The predicted molar refractivity (Wildman–Crippen MR) is 89.0 cm³/mol. The maximum absolute atomic E-state index is 9.48. The van der Waals surface area contributed by atoms with Gasteiger partial charge >= 0.3 is 0 Å². The van der Waals surface area contributed by atoms with E-state index < -0.39 is 0 Å². The number of benzene rings is 2. The van der Waals surface area contributed by atoms with E-state index in [1.165, 1.54) is 5.56 Å². The number of hydrogen-bond donors (Lipinski definition) is 2. The fourth-order valence-electron chi connectivity index (χ4n) is 2.49. The molecule has 0 fully saturated rings. The first-order valence-electron chi connectivity index (χ1n) is 7.09. The standard InChI is InChI=1S/C18H22N2O/c1-12-5-7-16(8-6-12)20-19-10-17-13(2)9-14(3)18(11-21)15(17)4/h5-10,20-21H,11H2,1-4H3/b19-10+. The van der Waals surface area contributed by atoms with Crippen molar-refractivity contribution in [2.24, 2.45) is 5.10 Å². The van der Waals surface area contributed by atoms with Gasteiger partial charge in [0, 0.05) is 5.56 Å². The van der Waals surface area contributed by atoms with Crippen molar-refractivity contribution in [2.75, 3.05) is 5.43 Å². The minimum absolute atomic E-state index is 0.0597. The molecule has 0 aromatic heterocycles. The first-order valence-corrected chi connectivity index (χ1v) is 7.09. The van der Waals surface area contributed by atoms with Gasteiger partial charge in [-0.3, -0.25) is 5.43 Å². The molecule has 0 saturated heterocycles. The van der Waals surface area contributed by atoms with E-state index in [-0.39, 0.29) is 6.61 Å². The highest BCUT2D eigenvalue weighted by Crippen LogP contribution is 2.21. The van der Waals surface area contributed by atoms with Crippen LogP contribution in [-0.2, 0) is 6.61 Å². The van der Waals surface area contributed by atoms with Crippen LogP contribution in [0.3, 0.4) is 0 Å². The SMILES string of the molecule is Cc1ccc(N/N=C/c2c(C)cc(C)c(CO)c2C)cc1. The Balaban J connectivity index is 2.23. The number of hydrogen-bond acceptors (Lipinski definition) is 3. The van der Waals surface area contributed by atoms with Crippen LogP contribution < -0.4 is 5.43 Å². The molecular weight excluding hydrogens is 260 g/mol. The normalized spacial score (nSPS) is 11.1. The zero-order chi connectivity index (χ0) is 15.4. The molecule has 2 N–H and O–H groups in total. The van der Waals surface area contributed by atoms with Gasteiger partial charge in [-0.2, -0.15) is 5.10 Å². The Morgan fingerprint density at radius 1 is 1.05 bits per heavy atom. The van der Waals surface area contributed by atoms with Crippen LogP contribution in [0, 0.1) is 27.7 Å². The summed E-state index contributed by atoms with van der Waals surface area (Å²) in [4.78, 5) is 0. The van der Waals surface area contributed by atoms with Gasteiger partial charge in [0.1, 0.15) is 0 Å². The lowest BCUT2D eigenvalue weighted by atomic mass is 9.94. The van der Waals surface area contributed by atoms with Gasteiger partial charge in [-0.1, -0.05) is 23.8 Å². The molecule has 0 aliphatic heterocycles. The van der Waals surface area contributed by atoms with Crippen LogP contribution in [0.1, 0.15) is 33.4 Å². The Morgan fingerprint density at radius 2 is 1.71 bits per heavy atom. The second kappa shape index (κ2) is 6.55. The Hall–Kier alpha value is -2.13. The molecule has 0 radical (unpaired) electrons. The number of nitrogens with one attached hydrogen (secondary N) is 1. The number of nitrogens with zero attached hydrogens (tertiary/aromatic N) is 1. The molecule has 0 saturated carbocycles. The molecular formula is C18H22N2O. The summed E-state index contributed by atoms with van der Waals surface area (Å²) in [5.41, 5.74) is 10.6. The molecule has 3 nitrogen and oxygen atoms in total. The van der Waals surface area contributed by atoms with Crippen molar-refractivity contribution in [3.63, 3.8) is 0 Å². The number of aryl methyl sites for hydroxylation is 3. The highest BCUT2D eigenvalue weighted by atomic mass is 16.3. The topological polar surface area (TPSA) is 44.6 Å². The number of aliphatic hydroxyl groups is 1. The monoisotopic (exact) mass is 282 g/mol. The summed E-state index contributed by atoms with van der Waals surface area (Å²) in [6, 6.07) is 10.2. The third-order valence-electron chi connectivity index (χ3n) is 3.79. The smallest absolute Gasteiger partial charge is 0.0687 e. The Bertz CT molecular complexity index is 658. The maximum atomic E-state index is 9.48. The van der Waals surface area contributed by atoms with Crippen LogP contribution in [0.15, 0.2) is 35.4 Å². The molecule has 0 aliphatic rings. The molecule has 0 bridgehead atoms. The summed E-state index contributed by atoms with van der Waals surface area (Å²) in [5.74, 6) is 0. The average molecular weight is 282 g/mol. The lowest BCUT2D eigenvalue weighted by molar-refractivity contribution is 0.280. The van der Waals surface area contributed by atoms with Gasteiger partial charge in [-0.25, -0.2) is 0 Å². The molecule has 0 heterocycles. The van der Waals surface area contributed by atoms with Crippen LogP contribution in [-0.4, -0.2) is 11.3 Å². The minimum Gasteiger partial charge on any atom is -0.392 e. The molecule has 3 heteroatoms. The van der Waals surface area contributed by atoms with E-state index in [1.807, 2.05) is 44.3 Å². The van der Waals surface area contributed by atoms with E-state index in [1.54, 1.807) is 0 Å². The first kappa shape index (κ1) is 15.3. The molecule has 110 valence electrons. The lowest BCUT2D eigenvalue weighted by Crippen LogP contribution is -2.02. The number of rotatable bonds is 4. The van der Waals surface area contributed by atoms with E-state index in [9.17, 15) is 5.11 Å². The quantitative estimate of drug-likeness (QED) is 0.660. The molecule has 0 spiro atoms. The molecule has 2 rings (SSSR count). The molecule has 0 atom stereocenters. The van der Waals surface area contributed by atoms with Crippen LogP contribution in [0.4, 0.5) is 5.69 Å². The van der Waals surface area contributed by atoms with Gasteiger partial charge in [0.15, 0.2) is 0 Å². The van der Waals surface area contributed by atoms with Crippen LogP contribution in [0.25, 0.3) is 0 Å². The fraction of sp³-hybridized carbons (Fsp3) is 0.278. The van der Waals surface area contributed by atoms with Crippen molar-refractivity contribution in [2.45, 2.75) is 34.3 Å². The summed E-state index contributed by atoms with van der Waals surface area (Å²) in [6.45, 7) is 8.23. The van der Waals surface area contributed by atoms with E-state index in [0.717, 1.165) is 33.5 Å². The Kier molecular flexibility index (Phi) is 4.76. The highest BCUT2D eigenvalue weighted by molar-refractivity contribution is 5.85. The van der Waals surface area contributed by atoms with Gasteiger partial charge in [0.25, 0.3) is 0 Å². The third kappa shape index (κ3) is 3.50. The van der Waals surface area contributed by atoms with E-state index in [2.05, 4.69) is 30.4 Å². The number of anilines is 1. The predicted octanol–water partition coefficient (Wildman–Crippen LogP) is 3.86. The zero-order valence-electron chi connectivity index (χ0n) is 13.1. The lowest BCUT2D eigenvalue weighted by Gasteiger charge is -2.13. The summed E-state index contributed by atoms with van der Waals surface area (Å²) >= 11 is 0. The number of hydrazone groups is 1. The van der Waals surface area contributed by atoms with Crippen molar-refractivity contribution >= 4 is 11.9 Å². The Morgan fingerprint density at radius 3 is 2.33 bits per heavy atom. The minimum atomic E-state index is 0.0597. The molecule has 0 aliphatic carbocycles. The van der Waals surface area contributed by atoms with Gasteiger partial charge in [0.05, 0.1) is 18.5 Å². The maximum Gasteiger partial charge on any atom is 0.0687 e. The van der Waals surface area contributed by atoms with Gasteiger partial charge in [-0.05, 0) is 62.1 Å². The largest absolute Gasteiger partial charge is 0.392 e. The van der Waals surface area contributed by atoms with Crippen LogP contribution in [0.5, 0.6) is 0 Å². The fourth-order valence-corrected chi connectivity index (χ4v) is 2.49. The third-order valence-corrected chi connectivity index (χ3v) is 3.79. The summed E-state index contributed by atoms with van der Waals surface area (Å²) < 4.78 is 0. The number of aliphatic hydroxyl groups excluding tert-OH is 1. The Labute approximate surface area is 126 Å². The molecule has 0 amide bonds. The summed E-state index contributed by atoms with van der Waals surface area (Å²) in [5, 5.41) is 13.8. The molecule has 2 aromatic carbocycles. The van der Waals surface area contributed by atoms with Crippen molar-refractivity contribution < 1.29 is 5.11 Å². The van der Waals surface area contributed by atoms with Crippen molar-refractivity contribution in [3.8, 4) is 0 Å². The van der Waals surface area contributed by atoms with Gasteiger partial charge < -0.3 is 5.11 Å². The van der Waals surface area contributed by atoms with E-state index in [4.69, 9.17) is 0 Å². The van der Waals surface area contributed by atoms with Crippen molar-refractivity contribution in [1.82, 2.24) is 0 Å². The van der Waals surface area contributed by atoms with Crippen LogP contribution in [0.2, 0.25) is 0 Å². The average Bonchev–Trinajstić information content (AvgIpc) is 2.44. The van der Waals surface area contributed by atoms with Gasteiger partial charge in [0.2, 0.25) is 0 Å². The second-order valence-electron chi connectivity index (χ2n) is 5.42. The first-order chi connectivity index (χ1) is 10.0. The van der Waals surface area contributed by atoms with Crippen molar-refractivity contribution in [3.05, 3.63) is 63.7 Å². The van der Waals surface area contributed by atoms with Gasteiger partial charge in [-0.15, -0.1) is 0 Å². The highest BCUT2D eigenvalue weighted by Gasteiger charge is 2.08.